The fourth-order valence-electron chi connectivity index (χ4n) is 1.24. The van der Waals surface area contributed by atoms with E-state index in [2.05, 4.69) is 11.9 Å². The van der Waals surface area contributed by atoms with E-state index in [0.29, 0.717) is 12.2 Å². The molecule has 1 aromatic rings. The lowest BCUT2D eigenvalue weighted by atomic mass is 10.1. The van der Waals surface area contributed by atoms with Gasteiger partial charge in [0.2, 0.25) is 0 Å². The number of alkyl halides is 3. The molecule has 0 spiro atoms. The molecule has 0 radical (unpaired) electrons. The number of hydrogen-bond acceptors (Lipinski definition) is 2. The Labute approximate surface area is 97.4 Å². The molecule has 2 nitrogen and oxygen atoms in total. The van der Waals surface area contributed by atoms with Crippen molar-refractivity contribution >= 4 is 5.69 Å². The largest absolute Gasteiger partial charge is 0.417 e. The van der Waals surface area contributed by atoms with Crippen LogP contribution in [0.5, 0.6) is 0 Å². The Bertz CT molecular complexity index is 470. The predicted octanol–water partition coefficient (Wildman–Crippen LogP) is 3.57. The second kappa shape index (κ2) is 4.91. The minimum atomic E-state index is -4.52. The van der Waals surface area contributed by atoms with Crippen LogP contribution in [0.25, 0.3) is 0 Å². The molecular weight excluding hydrogens is 229 g/mol. The van der Waals surface area contributed by atoms with Gasteiger partial charge in [-0.2, -0.15) is 18.4 Å². The van der Waals surface area contributed by atoms with Crippen LogP contribution in [-0.4, -0.2) is 6.54 Å². The third-order valence-corrected chi connectivity index (χ3v) is 2.04. The number of nitrogens with zero attached hydrogens (tertiary/aromatic N) is 1. The summed E-state index contributed by atoms with van der Waals surface area (Å²) in [5.74, 6) is 0. The summed E-state index contributed by atoms with van der Waals surface area (Å²) in [7, 11) is 0. The van der Waals surface area contributed by atoms with Gasteiger partial charge in [-0.25, -0.2) is 0 Å². The molecule has 0 aliphatic heterocycles. The smallest absolute Gasteiger partial charge is 0.381 e. The molecule has 0 fully saturated rings. The first-order valence-corrected chi connectivity index (χ1v) is 4.84. The summed E-state index contributed by atoms with van der Waals surface area (Å²) >= 11 is 0. The number of rotatable bonds is 3. The molecule has 0 saturated carbocycles. The molecule has 0 aliphatic rings. The zero-order valence-corrected chi connectivity index (χ0v) is 9.23. The molecule has 0 amide bonds. The highest BCUT2D eigenvalue weighted by Crippen LogP contribution is 2.33. The molecule has 0 aromatic heterocycles. The second-order valence-electron chi connectivity index (χ2n) is 3.68. The molecule has 5 heteroatoms. The maximum absolute atomic E-state index is 12.6. The first kappa shape index (κ1) is 13.1. The van der Waals surface area contributed by atoms with Gasteiger partial charge in [0, 0.05) is 12.2 Å². The van der Waals surface area contributed by atoms with Gasteiger partial charge >= 0.3 is 6.18 Å². The maximum Gasteiger partial charge on any atom is 0.417 e. The quantitative estimate of drug-likeness (QED) is 0.820. The average molecular weight is 240 g/mol. The monoisotopic (exact) mass is 240 g/mol. The van der Waals surface area contributed by atoms with Gasteiger partial charge in [0.15, 0.2) is 0 Å². The van der Waals surface area contributed by atoms with Crippen molar-refractivity contribution in [2.75, 3.05) is 11.9 Å². The third-order valence-electron chi connectivity index (χ3n) is 2.04. The summed E-state index contributed by atoms with van der Waals surface area (Å²) in [6, 6.07) is 5.06. The average Bonchev–Trinajstić information content (AvgIpc) is 2.24. The van der Waals surface area contributed by atoms with Crippen LogP contribution in [0.15, 0.2) is 30.4 Å². The molecule has 90 valence electrons. The molecule has 0 atom stereocenters. The number of benzene rings is 1. The van der Waals surface area contributed by atoms with Crippen molar-refractivity contribution in [1.82, 2.24) is 0 Å². The summed E-state index contributed by atoms with van der Waals surface area (Å²) in [6.45, 7) is 5.80. The van der Waals surface area contributed by atoms with E-state index in [1.54, 1.807) is 6.92 Å². The highest BCUT2D eigenvalue weighted by atomic mass is 19.4. The molecule has 0 heterocycles. The zero-order valence-electron chi connectivity index (χ0n) is 9.23. The van der Waals surface area contributed by atoms with Crippen molar-refractivity contribution in [3.63, 3.8) is 0 Å². The summed E-state index contributed by atoms with van der Waals surface area (Å²) in [4.78, 5) is 0. The Balaban J connectivity index is 3.06. The standard InChI is InChI=1S/C12H11F3N2/c1-8(2)7-17-10-4-3-9(6-16)11(5-10)12(13,14)15/h3-5,17H,1,7H2,2H3. The van der Waals surface area contributed by atoms with E-state index >= 15 is 0 Å². The van der Waals surface area contributed by atoms with Crippen molar-refractivity contribution in [1.29, 1.82) is 5.26 Å². The van der Waals surface area contributed by atoms with Crippen molar-refractivity contribution in [3.05, 3.63) is 41.5 Å². The van der Waals surface area contributed by atoms with Crippen LogP contribution in [0, 0.1) is 11.3 Å². The summed E-state index contributed by atoms with van der Waals surface area (Å²) < 4.78 is 37.9. The highest BCUT2D eigenvalue weighted by Gasteiger charge is 2.33. The summed E-state index contributed by atoms with van der Waals surface area (Å²) in [6.07, 6.45) is -4.52. The maximum atomic E-state index is 12.6. The molecule has 0 bridgehead atoms. The van der Waals surface area contributed by atoms with E-state index in [9.17, 15) is 13.2 Å². The van der Waals surface area contributed by atoms with E-state index in [-0.39, 0.29) is 5.56 Å². The van der Waals surface area contributed by atoms with E-state index in [4.69, 9.17) is 5.26 Å². The molecule has 0 aliphatic carbocycles. The Morgan fingerprint density at radius 2 is 2.12 bits per heavy atom. The lowest BCUT2D eigenvalue weighted by Crippen LogP contribution is -2.09. The van der Waals surface area contributed by atoms with Gasteiger partial charge in [0.1, 0.15) is 0 Å². The Morgan fingerprint density at radius 3 is 2.59 bits per heavy atom. The van der Waals surface area contributed by atoms with E-state index in [0.717, 1.165) is 17.7 Å². The zero-order chi connectivity index (χ0) is 13.1. The first-order valence-electron chi connectivity index (χ1n) is 4.84. The number of anilines is 1. The molecule has 1 aromatic carbocycles. The molecule has 17 heavy (non-hydrogen) atoms. The summed E-state index contributed by atoms with van der Waals surface area (Å²) in [5.41, 5.74) is -0.174. The predicted molar refractivity (Wildman–Crippen MR) is 59.5 cm³/mol. The SMILES string of the molecule is C=C(C)CNc1ccc(C#N)c(C(F)(F)F)c1. The fourth-order valence-corrected chi connectivity index (χ4v) is 1.24. The molecule has 1 rings (SSSR count). The van der Waals surface area contributed by atoms with Gasteiger partial charge in [0.25, 0.3) is 0 Å². The molecule has 1 N–H and O–H groups in total. The van der Waals surface area contributed by atoms with Gasteiger partial charge in [-0.3, -0.25) is 0 Å². The van der Waals surface area contributed by atoms with Crippen LogP contribution in [0.3, 0.4) is 0 Å². The van der Waals surface area contributed by atoms with Crippen LogP contribution >= 0.6 is 0 Å². The van der Waals surface area contributed by atoms with Gasteiger partial charge < -0.3 is 5.32 Å². The van der Waals surface area contributed by atoms with E-state index in [1.807, 2.05) is 0 Å². The minimum Gasteiger partial charge on any atom is -0.381 e. The van der Waals surface area contributed by atoms with Gasteiger partial charge in [-0.05, 0) is 25.1 Å². The lowest BCUT2D eigenvalue weighted by molar-refractivity contribution is -0.137. The van der Waals surface area contributed by atoms with Crippen molar-refractivity contribution in [2.45, 2.75) is 13.1 Å². The van der Waals surface area contributed by atoms with Gasteiger partial charge in [0.05, 0.1) is 17.2 Å². The molecular formula is C12H11F3N2. The van der Waals surface area contributed by atoms with Crippen LogP contribution < -0.4 is 5.32 Å². The molecule has 0 saturated heterocycles. The minimum absolute atomic E-state index is 0.319. The number of nitriles is 1. The second-order valence-corrected chi connectivity index (χ2v) is 3.68. The summed E-state index contributed by atoms with van der Waals surface area (Å²) in [5, 5.41) is 11.4. The normalized spacial score (nSPS) is 10.8. The molecule has 0 unspecified atom stereocenters. The van der Waals surface area contributed by atoms with E-state index < -0.39 is 11.7 Å². The van der Waals surface area contributed by atoms with Crippen LogP contribution in [0.2, 0.25) is 0 Å². The van der Waals surface area contributed by atoms with E-state index in [1.165, 1.54) is 12.1 Å². The van der Waals surface area contributed by atoms with Crippen molar-refractivity contribution in [3.8, 4) is 6.07 Å². The topological polar surface area (TPSA) is 35.8 Å². The van der Waals surface area contributed by atoms with Gasteiger partial charge in [-0.15, -0.1) is 0 Å². The number of nitrogens with one attached hydrogen (secondary N) is 1. The van der Waals surface area contributed by atoms with Crippen LogP contribution in [0.1, 0.15) is 18.1 Å². The number of hydrogen-bond donors (Lipinski definition) is 1. The van der Waals surface area contributed by atoms with Crippen molar-refractivity contribution < 1.29 is 13.2 Å². The Morgan fingerprint density at radius 1 is 1.47 bits per heavy atom. The fraction of sp³-hybridized carbons (Fsp3) is 0.250. The Kier molecular flexibility index (Phi) is 3.79. The number of halogens is 3. The highest BCUT2D eigenvalue weighted by molar-refractivity contribution is 5.53. The van der Waals surface area contributed by atoms with Crippen LogP contribution in [0.4, 0.5) is 18.9 Å². The Hall–Kier alpha value is -1.96. The van der Waals surface area contributed by atoms with Gasteiger partial charge in [-0.1, -0.05) is 12.2 Å². The van der Waals surface area contributed by atoms with Crippen LogP contribution in [-0.2, 0) is 6.18 Å². The van der Waals surface area contributed by atoms with Crippen molar-refractivity contribution in [2.24, 2.45) is 0 Å². The lowest BCUT2D eigenvalue weighted by Gasteiger charge is -2.12. The first-order chi connectivity index (χ1) is 7.84. The third kappa shape index (κ3) is 3.52.